The van der Waals surface area contributed by atoms with Crippen LogP contribution in [-0.4, -0.2) is 35.6 Å². The second kappa shape index (κ2) is 6.01. The van der Waals surface area contributed by atoms with Crippen molar-refractivity contribution in [3.63, 3.8) is 0 Å². The summed E-state index contributed by atoms with van der Waals surface area (Å²) in [6.07, 6.45) is 2.55. The number of nitrogens with zero attached hydrogens (tertiary/aromatic N) is 1. The van der Waals surface area contributed by atoms with Crippen LogP contribution in [0, 0.1) is 6.92 Å². The maximum absolute atomic E-state index is 10.5. The zero-order valence-corrected chi connectivity index (χ0v) is 10.9. The fourth-order valence-corrected chi connectivity index (χ4v) is 2.77. The number of carboxylic acid groups (broad SMARTS) is 1. The largest absolute Gasteiger partial charge is 0.481 e. The predicted molar refractivity (Wildman–Crippen MR) is 71.8 cm³/mol. The van der Waals surface area contributed by atoms with Gasteiger partial charge in [-0.2, -0.15) is 0 Å². The second-order valence-corrected chi connectivity index (χ2v) is 5.12. The van der Waals surface area contributed by atoms with Crippen LogP contribution in [0.1, 0.15) is 36.3 Å². The Kier molecular flexibility index (Phi) is 4.37. The Morgan fingerprint density at radius 1 is 1.33 bits per heavy atom. The number of rotatable bonds is 4. The average molecular weight is 247 g/mol. The summed E-state index contributed by atoms with van der Waals surface area (Å²) in [5.41, 5.74) is 2.84. The van der Waals surface area contributed by atoms with E-state index in [1.165, 1.54) is 11.1 Å². The Morgan fingerprint density at radius 2 is 2.00 bits per heavy atom. The van der Waals surface area contributed by atoms with Gasteiger partial charge in [0.1, 0.15) is 0 Å². The van der Waals surface area contributed by atoms with Crippen molar-refractivity contribution in [1.82, 2.24) is 4.90 Å². The van der Waals surface area contributed by atoms with Crippen LogP contribution < -0.4 is 0 Å². The van der Waals surface area contributed by atoms with Crippen molar-refractivity contribution in [3.05, 3.63) is 35.4 Å². The van der Waals surface area contributed by atoms with Gasteiger partial charge in [-0.25, -0.2) is 0 Å². The molecule has 3 heteroatoms. The molecule has 0 radical (unpaired) electrons. The average Bonchev–Trinajstić information content (AvgIpc) is 2.38. The van der Waals surface area contributed by atoms with Gasteiger partial charge in [-0.05, 0) is 49.9 Å². The van der Waals surface area contributed by atoms with E-state index in [1.54, 1.807) is 0 Å². The van der Waals surface area contributed by atoms with Gasteiger partial charge in [0.2, 0.25) is 0 Å². The maximum Gasteiger partial charge on any atom is 0.304 e. The van der Waals surface area contributed by atoms with Crippen molar-refractivity contribution in [1.29, 1.82) is 0 Å². The van der Waals surface area contributed by atoms with Crippen molar-refractivity contribution >= 4 is 5.97 Å². The fourth-order valence-electron chi connectivity index (χ4n) is 2.77. The Balaban J connectivity index is 1.87. The Labute approximate surface area is 108 Å². The van der Waals surface area contributed by atoms with Crippen LogP contribution in [0.25, 0.3) is 0 Å². The van der Waals surface area contributed by atoms with Crippen molar-refractivity contribution < 1.29 is 9.90 Å². The fraction of sp³-hybridized carbons (Fsp3) is 0.533. The van der Waals surface area contributed by atoms with E-state index in [1.807, 2.05) is 0 Å². The molecule has 18 heavy (non-hydrogen) atoms. The molecule has 0 saturated carbocycles. The van der Waals surface area contributed by atoms with Gasteiger partial charge in [0, 0.05) is 6.54 Å². The first-order valence-corrected chi connectivity index (χ1v) is 6.66. The number of hydrogen-bond acceptors (Lipinski definition) is 2. The highest BCUT2D eigenvalue weighted by atomic mass is 16.4. The second-order valence-electron chi connectivity index (χ2n) is 5.12. The van der Waals surface area contributed by atoms with Gasteiger partial charge < -0.3 is 10.0 Å². The number of carbonyl (C=O) groups is 1. The predicted octanol–water partition coefficient (Wildman–Crippen LogP) is 2.65. The highest BCUT2D eigenvalue weighted by Crippen LogP contribution is 2.29. The van der Waals surface area contributed by atoms with Crippen molar-refractivity contribution in [2.75, 3.05) is 19.6 Å². The molecule has 1 aliphatic heterocycles. The quantitative estimate of drug-likeness (QED) is 0.889. The molecule has 0 bridgehead atoms. The van der Waals surface area contributed by atoms with E-state index in [2.05, 4.69) is 36.1 Å². The summed E-state index contributed by atoms with van der Waals surface area (Å²) in [5, 5.41) is 8.68. The van der Waals surface area contributed by atoms with E-state index in [0.29, 0.717) is 12.5 Å². The molecule has 1 aromatic carbocycles. The van der Waals surface area contributed by atoms with Gasteiger partial charge in [-0.15, -0.1) is 0 Å². The standard InChI is InChI=1S/C15H21NO2/c1-12-4-2-3-5-14(12)13-6-9-16(10-7-13)11-8-15(17)18/h2-5,13H,6-11H2,1H3,(H,17,18). The molecule has 98 valence electrons. The number of aliphatic carboxylic acids is 1. The molecule has 1 fully saturated rings. The normalized spacial score (nSPS) is 17.8. The van der Waals surface area contributed by atoms with Crippen molar-refractivity contribution in [2.24, 2.45) is 0 Å². The third-order valence-electron chi connectivity index (χ3n) is 3.86. The molecule has 1 aliphatic rings. The van der Waals surface area contributed by atoms with E-state index >= 15 is 0 Å². The number of hydrogen-bond donors (Lipinski definition) is 1. The van der Waals surface area contributed by atoms with E-state index in [-0.39, 0.29) is 6.42 Å². The van der Waals surface area contributed by atoms with Crippen LogP contribution in [0.3, 0.4) is 0 Å². The molecule has 0 amide bonds. The lowest BCUT2D eigenvalue weighted by atomic mass is 9.87. The minimum absolute atomic E-state index is 0.259. The molecule has 0 aliphatic carbocycles. The first-order chi connectivity index (χ1) is 8.66. The molecular formula is C15H21NO2. The number of benzene rings is 1. The number of piperidine rings is 1. The topological polar surface area (TPSA) is 40.5 Å². The summed E-state index contributed by atoms with van der Waals surface area (Å²) in [7, 11) is 0. The zero-order chi connectivity index (χ0) is 13.0. The van der Waals surface area contributed by atoms with E-state index < -0.39 is 5.97 Å². The van der Waals surface area contributed by atoms with Gasteiger partial charge in [-0.3, -0.25) is 4.79 Å². The van der Waals surface area contributed by atoms with E-state index in [0.717, 1.165) is 25.9 Å². The first-order valence-electron chi connectivity index (χ1n) is 6.66. The SMILES string of the molecule is Cc1ccccc1C1CCN(CCC(=O)O)CC1. The van der Waals surface area contributed by atoms with Gasteiger partial charge in [0.25, 0.3) is 0 Å². The Morgan fingerprint density at radius 3 is 2.61 bits per heavy atom. The van der Waals surface area contributed by atoms with E-state index in [9.17, 15) is 4.79 Å². The van der Waals surface area contributed by atoms with Crippen LogP contribution in [-0.2, 0) is 4.79 Å². The molecule has 0 aromatic heterocycles. The molecule has 0 spiro atoms. The third kappa shape index (κ3) is 3.33. The van der Waals surface area contributed by atoms with Gasteiger partial charge in [0.15, 0.2) is 0 Å². The Hall–Kier alpha value is -1.35. The van der Waals surface area contributed by atoms with Crippen LogP contribution in [0.2, 0.25) is 0 Å². The van der Waals surface area contributed by atoms with Crippen molar-refractivity contribution in [3.8, 4) is 0 Å². The van der Waals surface area contributed by atoms with Gasteiger partial charge in [-0.1, -0.05) is 24.3 Å². The third-order valence-corrected chi connectivity index (χ3v) is 3.86. The number of aryl methyl sites for hydroxylation is 1. The summed E-state index contributed by atoms with van der Waals surface area (Å²) in [6, 6.07) is 8.60. The summed E-state index contributed by atoms with van der Waals surface area (Å²) in [6.45, 7) is 4.90. The summed E-state index contributed by atoms with van der Waals surface area (Å²) < 4.78 is 0. The maximum atomic E-state index is 10.5. The molecule has 1 aromatic rings. The highest BCUT2D eigenvalue weighted by molar-refractivity contribution is 5.66. The lowest BCUT2D eigenvalue weighted by molar-refractivity contribution is -0.137. The lowest BCUT2D eigenvalue weighted by Crippen LogP contribution is -2.34. The Bertz CT molecular complexity index is 409. The molecule has 1 saturated heterocycles. The van der Waals surface area contributed by atoms with Gasteiger partial charge in [0.05, 0.1) is 6.42 Å². The molecular weight excluding hydrogens is 226 g/mol. The zero-order valence-electron chi connectivity index (χ0n) is 10.9. The lowest BCUT2D eigenvalue weighted by Gasteiger charge is -2.32. The molecule has 3 nitrogen and oxygen atoms in total. The molecule has 0 unspecified atom stereocenters. The smallest absolute Gasteiger partial charge is 0.304 e. The monoisotopic (exact) mass is 247 g/mol. The minimum atomic E-state index is -0.698. The molecule has 1 N–H and O–H groups in total. The van der Waals surface area contributed by atoms with E-state index in [4.69, 9.17) is 5.11 Å². The highest BCUT2D eigenvalue weighted by Gasteiger charge is 2.21. The molecule has 1 heterocycles. The number of carboxylic acids is 1. The van der Waals surface area contributed by atoms with Crippen LogP contribution >= 0.6 is 0 Å². The van der Waals surface area contributed by atoms with Crippen LogP contribution in [0.15, 0.2) is 24.3 Å². The summed E-state index contributed by atoms with van der Waals surface area (Å²) in [5.74, 6) is -0.0525. The molecule has 0 atom stereocenters. The van der Waals surface area contributed by atoms with Crippen LogP contribution in [0.5, 0.6) is 0 Å². The van der Waals surface area contributed by atoms with Crippen molar-refractivity contribution in [2.45, 2.75) is 32.1 Å². The number of likely N-dealkylation sites (tertiary alicyclic amines) is 1. The minimum Gasteiger partial charge on any atom is -0.481 e. The van der Waals surface area contributed by atoms with Crippen LogP contribution in [0.4, 0.5) is 0 Å². The summed E-state index contributed by atoms with van der Waals surface area (Å²) >= 11 is 0. The molecule has 2 rings (SSSR count). The first kappa shape index (κ1) is 13.1. The van der Waals surface area contributed by atoms with Gasteiger partial charge >= 0.3 is 5.97 Å². The summed E-state index contributed by atoms with van der Waals surface area (Å²) in [4.78, 5) is 12.8.